The fourth-order valence-corrected chi connectivity index (χ4v) is 1.66. The van der Waals surface area contributed by atoms with E-state index < -0.39 is 0 Å². The number of hydrogen-bond acceptors (Lipinski definition) is 4. The number of nitrogens with one attached hydrogen (secondary N) is 1. The second-order valence-corrected chi connectivity index (χ2v) is 4.81. The molecule has 0 atom stereocenters. The molecule has 0 amide bonds. The lowest BCUT2D eigenvalue weighted by molar-refractivity contribution is 0.273. The summed E-state index contributed by atoms with van der Waals surface area (Å²) in [6.45, 7) is 5.41. The van der Waals surface area contributed by atoms with Crippen LogP contribution < -0.4 is 10.1 Å². The first kappa shape index (κ1) is 15.2. The van der Waals surface area contributed by atoms with Crippen LogP contribution in [-0.4, -0.2) is 43.7 Å². The molecule has 0 spiro atoms. The summed E-state index contributed by atoms with van der Waals surface area (Å²) in [6.07, 6.45) is 2.63. The molecule has 0 saturated heterocycles. The van der Waals surface area contributed by atoms with E-state index in [9.17, 15) is 0 Å². The summed E-state index contributed by atoms with van der Waals surface area (Å²) in [6, 6.07) is 1.90. The molecule has 1 aromatic rings. The second kappa shape index (κ2) is 8.29. The van der Waals surface area contributed by atoms with Crippen molar-refractivity contribution in [1.82, 2.24) is 15.2 Å². The van der Waals surface area contributed by atoms with Crippen LogP contribution in [-0.2, 0) is 6.54 Å². The van der Waals surface area contributed by atoms with Gasteiger partial charge < -0.3 is 15.0 Å². The molecule has 0 aromatic carbocycles. The maximum absolute atomic E-state index is 6.07. The molecule has 5 heteroatoms. The topological polar surface area (TPSA) is 37.4 Å². The van der Waals surface area contributed by atoms with Crippen molar-refractivity contribution in [3.63, 3.8) is 0 Å². The molecule has 1 N–H and O–H groups in total. The minimum atomic E-state index is 0.644. The largest absolute Gasteiger partial charge is 0.478 e. The summed E-state index contributed by atoms with van der Waals surface area (Å²) in [5, 5.41) is 3.92. The number of ether oxygens (including phenoxy) is 1. The Bertz CT molecular complexity index is 358. The van der Waals surface area contributed by atoms with Crippen LogP contribution in [0.25, 0.3) is 0 Å². The predicted octanol–water partition coefficient (Wildman–Crippen LogP) is 2.17. The highest BCUT2D eigenvalue weighted by Crippen LogP contribution is 2.19. The Kier molecular flexibility index (Phi) is 7.01. The van der Waals surface area contributed by atoms with E-state index in [1.165, 1.54) is 0 Å². The van der Waals surface area contributed by atoms with Gasteiger partial charge in [-0.15, -0.1) is 0 Å². The average Bonchev–Trinajstić information content (AvgIpc) is 2.34. The monoisotopic (exact) mass is 271 g/mol. The molecule has 1 aromatic heterocycles. The van der Waals surface area contributed by atoms with E-state index in [-0.39, 0.29) is 0 Å². The van der Waals surface area contributed by atoms with Gasteiger partial charge in [0.2, 0.25) is 5.88 Å². The summed E-state index contributed by atoms with van der Waals surface area (Å²) in [5.41, 5.74) is 1.02. The van der Waals surface area contributed by atoms with Gasteiger partial charge in [0.05, 0.1) is 11.6 Å². The van der Waals surface area contributed by atoms with Crippen LogP contribution in [0.5, 0.6) is 5.88 Å². The molecule has 0 radical (unpaired) electrons. The smallest absolute Gasteiger partial charge is 0.213 e. The van der Waals surface area contributed by atoms with Gasteiger partial charge in [-0.3, -0.25) is 0 Å². The first-order chi connectivity index (χ1) is 8.63. The summed E-state index contributed by atoms with van der Waals surface area (Å²) in [5.74, 6) is 0.644. The van der Waals surface area contributed by atoms with Gasteiger partial charge in [0, 0.05) is 25.4 Å². The van der Waals surface area contributed by atoms with Crippen molar-refractivity contribution in [3.05, 3.63) is 22.8 Å². The number of aromatic nitrogens is 1. The molecule has 0 fully saturated rings. The van der Waals surface area contributed by atoms with Crippen LogP contribution in [0.2, 0.25) is 5.02 Å². The van der Waals surface area contributed by atoms with Gasteiger partial charge in [0.15, 0.2) is 0 Å². The zero-order valence-corrected chi connectivity index (χ0v) is 12.1. The Morgan fingerprint density at radius 1 is 1.44 bits per heavy atom. The summed E-state index contributed by atoms with van der Waals surface area (Å²) in [4.78, 5) is 6.30. The highest BCUT2D eigenvalue weighted by Gasteiger charge is 2.04. The molecule has 0 unspecified atom stereocenters. The third-order valence-corrected chi connectivity index (χ3v) is 2.81. The molecule has 0 bridgehead atoms. The lowest BCUT2D eigenvalue weighted by Gasteiger charge is -2.11. The highest BCUT2D eigenvalue weighted by atomic mass is 35.5. The maximum Gasteiger partial charge on any atom is 0.213 e. The minimum Gasteiger partial charge on any atom is -0.478 e. The minimum absolute atomic E-state index is 0.644. The maximum atomic E-state index is 6.07. The van der Waals surface area contributed by atoms with Gasteiger partial charge in [-0.25, -0.2) is 4.98 Å². The molecule has 1 rings (SSSR count). The van der Waals surface area contributed by atoms with Crippen LogP contribution in [0.3, 0.4) is 0 Å². The van der Waals surface area contributed by atoms with Gasteiger partial charge in [0.1, 0.15) is 0 Å². The fourth-order valence-electron chi connectivity index (χ4n) is 1.49. The molecule has 0 aliphatic rings. The molecule has 18 heavy (non-hydrogen) atoms. The van der Waals surface area contributed by atoms with Crippen LogP contribution in [0.15, 0.2) is 12.3 Å². The summed E-state index contributed by atoms with van der Waals surface area (Å²) < 4.78 is 5.61. The number of pyridine rings is 1. The zero-order valence-electron chi connectivity index (χ0n) is 11.4. The van der Waals surface area contributed by atoms with Gasteiger partial charge in [0.25, 0.3) is 0 Å². The van der Waals surface area contributed by atoms with E-state index in [2.05, 4.69) is 36.2 Å². The quantitative estimate of drug-likeness (QED) is 0.736. The van der Waals surface area contributed by atoms with Crippen LogP contribution in [0.1, 0.15) is 18.9 Å². The van der Waals surface area contributed by atoms with E-state index >= 15 is 0 Å². The highest BCUT2D eigenvalue weighted by molar-refractivity contribution is 6.31. The lowest BCUT2D eigenvalue weighted by Crippen LogP contribution is -2.16. The van der Waals surface area contributed by atoms with E-state index in [1.807, 2.05) is 6.07 Å². The molecule has 102 valence electrons. The molecule has 4 nitrogen and oxygen atoms in total. The van der Waals surface area contributed by atoms with Crippen molar-refractivity contribution in [3.8, 4) is 5.88 Å². The molecular formula is C13H22ClN3O. The number of halogens is 1. The predicted molar refractivity (Wildman–Crippen MR) is 75.3 cm³/mol. The Morgan fingerprint density at radius 3 is 2.89 bits per heavy atom. The number of rotatable bonds is 8. The first-order valence-corrected chi connectivity index (χ1v) is 6.64. The number of hydrogen-bond donors (Lipinski definition) is 1. The van der Waals surface area contributed by atoms with Gasteiger partial charge in [-0.2, -0.15) is 0 Å². The van der Waals surface area contributed by atoms with Crippen molar-refractivity contribution in [2.45, 2.75) is 19.9 Å². The molecule has 0 saturated carbocycles. The van der Waals surface area contributed by atoms with Crippen molar-refractivity contribution in [2.75, 3.05) is 33.8 Å². The van der Waals surface area contributed by atoms with Crippen molar-refractivity contribution in [1.29, 1.82) is 0 Å². The van der Waals surface area contributed by atoms with E-state index in [0.29, 0.717) is 17.5 Å². The summed E-state index contributed by atoms with van der Waals surface area (Å²) >= 11 is 6.07. The van der Waals surface area contributed by atoms with E-state index in [4.69, 9.17) is 16.3 Å². The van der Waals surface area contributed by atoms with Crippen molar-refractivity contribution in [2.24, 2.45) is 0 Å². The lowest BCUT2D eigenvalue weighted by atomic mass is 10.2. The van der Waals surface area contributed by atoms with Crippen molar-refractivity contribution < 1.29 is 4.74 Å². The van der Waals surface area contributed by atoms with Crippen LogP contribution >= 0.6 is 11.6 Å². The Balaban J connectivity index is 2.45. The third-order valence-electron chi connectivity index (χ3n) is 2.47. The molecule has 1 heterocycles. The fraction of sp³-hybridized carbons (Fsp3) is 0.615. The summed E-state index contributed by atoms with van der Waals surface area (Å²) in [7, 11) is 4.10. The molecule has 0 aliphatic heterocycles. The average molecular weight is 272 g/mol. The van der Waals surface area contributed by atoms with Crippen LogP contribution in [0.4, 0.5) is 0 Å². The zero-order chi connectivity index (χ0) is 13.4. The Morgan fingerprint density at radius 2 is 2.22 bits per heavy atom. The van der Waals surface area contributed by atoms with Gasteiger partial charge in [-0.1, -0.05) is 18.5 Å². The first-order valence-electron chi connectivity index (χ1n) is 6.26. The van der Waals surface area contributed by atoms with Gasteiger partial charge >= 0.3 is 0 Å². The van der Waals surface area contributed by atoms with Gasteiger partial charge in [-0.05, 0) is 32.6 Å². The van der Waals surface area contributed by atoms with Crippen molar-refractivity contribution >= 4 is 11.6 Å². The second-order valence-electron chi connectivity index (χ2n) is 4.40. The molecule has 0 aliphatic carbocycles. The number of nitrogens with zero attached hydrogens (tertiary/aromatic N) is 2. The van der Waals surface area contributed by atoms with E-state index in [0.717, 1.165) is 31.6 Å². The Labute approximate surface area is 114 Å². The standard InChI is InChI=1S/C13H22ClN3O/c1-4-15-9-11-8-13(16-10-12(11)14)18-7-5-6-17(2)3/h8,10,15H,4-7,9H2,1-3H3. The van der Waals surface area contributed by atoms with Crippen LogP contribution in [0, 0.1) is 0 Å². The normalized spacial score (nSPS) is 10.9. The third kappa shape index (κ3) is 5.67. The molecular weight excluding hydrogens is 250 g/mol. The van der Waals surface area contributed by atoms with E-state index in [1.54, 1.807) is 6.20 Å². The Hall–Kier alpha value is -0.840. The SMILES string of the molecule is CCNCc1cc(OCCCN(C)C)ncc1Cl.